The van der Waals surface area contributed by atoms with Gasteiger partial charge in [0.05, 0.1) is 12.0 Å². The number of benzene rings is 2. The van der Waals surface area contributed by atoms with Crippen LogP contribution in [0.5, 0.6) is 0 Å². The molecule has 1 unspecified atom stereocenters. The highest BCUT2D eigenvalue weighted by molar-refractivity contribution is 5.65. The third-order valence-corrected chi connectivity index (χ3v) is 6.26. The van der Waals surface area contributed by atoms with Crippen LogP contribution in [0.4, 0.5) is 4.39 Å². The van der Waals surface area contributed by atoms with Gasteiger partial charge in [0.2, 0.25) is 0 Å². The lowest BCUT2D eigenvalue weighted by Gasteiger charge is -2.23. The molecule has 5 rings (SSSR count). The molecule has 0 aliphatic carbocycles. The zero-order chi connectivity index (χ0) is 22.1. The smallest absolute Gasteiger partial charge is 0.154 e. The molecule has 2 aromatic heterocycles. The van der Waals surface area contributed by atoms with Crippen molar-refractivity contribution >= 4 is 0 Å². The van der Waals surface area contributed by atoms with Crippen molar-refractivity contribution < 1.29 is 8.81 Å². The molecule has 1 fully saturated rings. The van der Waals surface area contributed by atoms with Gasteiger partial charge in [-0.25, -0.2) is 9.07 Å². The van der Waals surface area contributed by atoms with E-state index < -0.39 is 0 Å². The number of likely N-dealkylation sites (N-methyl/N-ethyl adjacent to an activating group) is 2. The molecule has 1 atom stereocenters. The van der Waals surface area contributed by atoms with Gasteiger partial charge in [0, 0.05) is 30.9 Å². The molecule has 1 aliphatic heterocycles. The molecule has 0 radical (unpaired) electrons. The van der Waals surface area contributed by atoms with Crippen LogP contribution >= 0.6 is 0 Å². The van der Waals surface area contributed by atoms with Gasteiger partial charge in [0.1, 0.15) is 11.5 Å². The molecule has 0 saturated carbocycles. The van der Waals surface area contributed by atoms with Crippen molar-refractivity contribution in [3.8, 4) is 28.3 Å². The van der Waals surface area contributed by atoms with Gasteiger partial charge in [-0.3, -0.25) is 4.90 Å². The van der Waals surface area contributed by atoms with Gasteiger partial charge in [-0.1, -0.05) is 24.3 Å². The van der Waals surface area contributed by atoms with Crippen molar-refractivity contribution in [2.24, 2.45) is 0 Å². The number of nitrogens with zero attached hydrogens (tertiary/aromatic N) is 4. The van der Waals surface area contributed by atoms with E-state index in [0.29, 0.717) is 6.04 Å². The second-order valence-electron chi connectivity index (χ2n) is 8.60. The first kappa shape index (κ1) is 20.7. The maximum absolute atomic E-state index is 13.2. The summed E-state index contributed by atoms with van der Waals surface area (Å²) in [6, 6.07) is 19.1. The average Bonchev–Trinajstić information content (AvgIpc) is 3.55. The molecule has 1 aliphatic rings. The van der Waals surface area contributed by atoms with Crippen LogP contribution in [0.2, 0.25) is 0 Å². The summed E-state index contributed by atoms with van der Waals surface area (Å²) in [6.45, 7) is 3.04. The van der Waals surface area contributed by atoms with Crippen LogP contribution in [0, 0.1) is 5.82 Å². The third kappa shape index (κ3) is 4.24. The second-order valence-corrected chi connectivity index (χ2v) is 8.60. The summed E-state index contributed by atoms with van der Waals surface area (Å²) in [5, 5.41) is 4.87. The topological polar surface area (TPSA) is 37.4 Å². The molecular formula is C26H27FN4O. The van der Waals surface area contributed by atoms with Gasteiger partial charge in [0.15, 0.2) is 5.76 Å². The first-order chi connectivity index (χ1) is 15.6. The third-order valence-electron chi connectivity index (χ3n) is 6.26. The normalized spacial score (nSPS) is 16.8. The van der Waals surface area contributed by atoms with Crippen LogP contribution in [-0.2, 0) is 6.54 Å². The van der Waals surface area contributed by atoms with E-state index >= 15 is 0 Å². The van der Waals surface area contributed by atoms with E-state index in [1.165, 1.54) is 18.6 Å². The number of hydrogen-bond acceptors (Lipinski definition) is 4. The largest absolute Gasteiger partial charge is 0.463 e. The number of likely N-dealkylation sites (tertiary alicyclic amines) is 1. The molecule has 3 heterocycles. The number of hydrogen-bond donors (Lipinski definition) is 0. The lowest BCUT2D eigenvalue weighted by molar-refractivity contribution is 0.234. The SMILES string of the molecule is CN1CCC(N(C)Cc2cn(-c3ccc(-c4ccc(F)cc4)cc3)nc2-c2ccco2)C1. The highest BCUT2D eigenvalue weighted by atomic mass is 19.1. The fourth-order valence-corrected chi connectivity index (χ4v) is 4.40. The zero-order valence-electron chi connectivity index (χ0n) is 18.4. The van der Waals surface area contributed by atoms with Crippen molar-refractivity contribution in [2.45, 2.75) is 19.0 Å². The minimum absolute atomic E-state index is 0.228. The van der Waals surface area contributed by atoms with E-state index in [0.717, 1.165) is 53.5 Å². The monoisotopic (exact) mass is 430 g/mol. The predicted molar refractivity (Wildman–Crippen MR) is 124 cm³/mol. The van der Waals surface area contributed by atoms with Crippen molar-refractivity contribution in [3.05, 3.63) is 84.5 Å². The van der Waals surface area contributed by atoms with Gasteiger partial charge in [-0.05, 0) is 74.6 Å². The standard InChI is InChI=1S/C26H27FN4O/c1-29-14-13-24(18-29)30(2)16-21-17-31(28-26(21)25-4-3-15-32-25)23-11-7-20(8-12-23)19-5-9-22(27)10-6-19/h3-12,15,17,24H,13-14,16,18H2,1-2H3. The molecule has 4 aromatic rings. The van der Waals surface area contributed by atoms with E-state index in [4.69, 9.17) is 9.52 Å². The maximum Gasteiger partial charge on any atom is 0.154 e. The first-order valence-corrected chi connectivity index (χ1v) is 10.9. The van der Waals surface area contributed by atoms with E-state index in [2.05, 4.69) is 30.1 Å². The molecule has 1 saturated heterocycles. The highest BCUT2D eigenvalue weighted by Gasteiger charge is 2.25. The van der Waals surface area contributed by atoms with E-state index in [1.807, 2.05) is 41.1 Å². The number of halogens is 1. The molecule has 164 valence electrons. The molecule has 2 aromatic carbocycles. The van der Waals surface area contributed by atoms with Crippen molar-refractivity contribution in [3.63, 3.8) is 0 Å². The molecule has 0 amide bonds. The van der Waals surface area contributed by atoms with Crippen LogP contribution in [-0.4, -0.2) is 52.8 Å². The Kier molecular flexibility index (Phi) is 5.64. The van der Waals surface area contributed by atoms with E-state index in [9.17, 15) is 4.39 Å². The molecule has 0 bridgehead atoms. The van der Waals surface area contributed by atoms with Crippen molar-refractivity contribution in [1.82, 2.24) is 19.6 Å². The van der Waals surface area contributed by atoms with Gasteiger partial charge in [-0.2, -0.15) is 5.10 Å². The van der Waals surface area contributed by atoms with Crippen LogP contribution in [0.15, 0.2) is 77.5 Å². The molecule has 32 heavy (non-hydrogen) atoms. The first-order valence-electron chi connectivity index (χ1n) is 10.9. The van der Waals surface area contributed by atoms with Crippen LogP contribution < -0.4 is 0 Å². The summed E-state index contributed by atoms with van der Waals surface area (Å²) in [7, 11) is 4.36. The average molecular weight is 431 g/mol. The Hall–Kier alpha value is -3.22. The van der Waals surface area contributed by atoms with Gasteiger partial charge < -0.3 is 9.32 Å². The number of aromatic nitrogens is 2. The van der Waals surface area contributed by atoms with Gasteiger partial charge in [0.25, 0.3) is 0 Å². The second kappa shape index (κ2) is 8.73. The van der Waals surface area contributed by atoms with Crippen LogP contribution in [0.25, 0.3) is 28.3 Å². The number of furan rings is 1. The Balaban J connectivity index is 1.43. The van der Waals surface area contributed by atoms with Gasteiger partial charge >= 0.3 is 0 Å². The Morgan fingerprint density at radius 1 is 1.06 bits per heavy atom. The quantitative estimate of drug-likeness (QED) is 0.428. The number of rotatable bonds is 6. The van der Waals surface area contributed by atoms with Crippen LogP contribution in [0.1, 0.15) is 12.0 Å². The van der Waals surface area contributed by atoms with E-state index in [1.54, 1.807) is 18.4 Å². The molecule has 0 N–H and O–H groups in total. The molecule has 0 spiro atoms. The molecule has 6 heteroatoms. The lowest BCUT2D eigenvalue weighted by atomic mass is 10.1. The predicted octanol–water partition coefficient (Wildman–Crippen LogP) is 5.07. The fraction of sp³-hybridized carbons (Fsp3) is 0.269. The van der Waals surface area contributed by atoms with Crippen LogP contribution in [0.3, 0.4) is 0 Å². The summed E-state index contributed by atoms with van der Waals surface area (Å²) in [4.78, 5) is 4.79. The summed E-state index contributed by atoms with van der Waals surface area (Å²) < 4.78 is 20.8. The zero-order valence-corrected chi connectivity index (χ0v) is 18.4. The van der Waals surface area contributed by atoms with Crippen molar-refractivity contribution in [2.75, 3.05) is 27.2 Å². The summed E-state index contributed by atoms with van der Waals surface area (Å²) in [5.41, 5.74) is 5.00. The molecular weight excluding hydrogens is 403 g/mol. The summed E-state index contributed by atoms with van der Waals surface area (Å²) in [6.07, 6.45) is 4.97. The summed E-state index contributed by atoms with van der Waals surface area (Å²) >= 11 is 0. The lowest BCUT2D eigenvalue weighted by Crippen LogP contribution is -2.33. The Labute approximate surface area is 187 Å². The minimum atomic E-state index is -0.228. The van der Waals surface area contributed by atoms with E-state index in [-0.39, 0.29) is 5.82 Å². The minimum Gasteiger partial charge on any atom is -0.463 e. The maximum atomic E-state index is 13.2. The highest BCUT2D eigenvalue weighted by Crippen LogP contribution is 2.27. The molecule has 5 nitrogen and oxygen atoms in total. The Morgan fingerprint density at radius 2 is 1.78 bits per heavy atom. The Bertz CT molecular complexity index is 1170. The fourth-order valence-electron chi connectivity index (χ4n) is 4.40. The van der Waals surface area contributed by atoms with Gasteiger partial charge in [-0.15, -0.1) is 0 Å². The van der Waals surface area contributed by atoms with Crippen molar-refractivity contribution in [1.29, 1.82) is 0 Å². The summed E-state index contributed by atoms with van der Waals surface area (Å²) in [5.74, 6) is 0.549. The Morgan fingerprint density at radius 3 is 2.41 bits per heavy atom.